The van der Waals surface area contributed by atoms with E-state index in [2.05, 4.69) is 5.32 Å². The molecule has 2 rings (SSSR count). The van der Waals surface area contributed by atoms with Crippen molar-refractivity contribution in [2.45, 2.75) is 0 Å². The number of hydrogen-bond acceptors (Lipinski definition) is 2. The monoisotopic (exact) mass is 396 g/mol. The van der Waals surface area contributed by atoms with Gasteiger partial charge < -0.3 is 11.1 Å². The van der Waals surface area contributed by atoms with E-state index in [0.29, 0.717) is 21.4 Å². The standard InChI is InChI=1S/C12H8Cl2FIN2/c13-7-4-10(17)12(5-8(7)14)18-11-2-1-6(15)3-9(11)16/h1-5,18H,17H2. The Hall–Kier alpha value is -0.720. The molecule has 0 heterocycles. The highest BCUT2D eigenvalue weighted by atomic mass is 127. The Morgan fingerprint density at radius 1 is 1.06 bits per heavy atom. The fourth-order valence-corrected chi connectivity index (χ4v) is 2.35. The smallest absolute Gasteiger partial charge is 0.124 e. The van der Waals surface area contributed by atoms with Gasteiger partial charge in [0.25, 0.3) is 0 Å². The van der Waals surface area contributed by atoms with E-state index >= 15 is 0 Å². The molecule has 0 atom stereocenters. The molecule has 0 saturated carbocycles. The third-order valence-corrected chi connectivity index (χ3v) is 3.91. The quantitative estimate of drug-likeness (QED) is 0.549. The van der Waals surface area contributed by atoms with Crippen LogP contribution in [0.2, 0.25) is 10.0 Å². The van der Waals surface area contributed by atoms with Crippen molar-refractivity contribution in [1.29, 1.82) is 0 Å². The largest absolute Gasteiger partial charge is 0.397 e. The van der Waals surface area contributed by atoms with Crippen molar-refractivity contribution in [2.75, 3.05) is 11.1 Å². The molecule has 3 N–H and O–H groups in total. The second-order valence-corrected chi connectivity index (χ2v) is 5.58. The van der Waals surface area contributed by atoms with Crippen LogP contribution in [0.4, 0.5) is 21.5 Å². The van der Waals surface area contributed by atoms with Gasteiger partial charge in [0.05, 0.1) is 27.1 Å². The van der Waals surface area contributed by atoms with Crippen LogP contribution in [0, 0.1) is 9.39 Å². The number of hydrogen-bond donors (Lipinski definition) is 2. The molecule has 6 heteroatoms. The summed E-state index contributed by atoms with van der Waals surface area (Å²) in [5.41, 5.74) is 7.70. The van der Waals surface area contributed by atoms with Gasteiger partial charge in [0.15, 0.2) is 0 Å². The molecule has 0 unspecified atom stereocenters. The van der Waals surface area contributed by atoms with Gasteiger partial charge in [-0.1, -0.05) is 23.2 Å². The molecule has 0 saturated heterocycles. The molecular weight excluding hydrogens is 389 g/mol. The zero-order valence-electron chi connectivity index (χ0n) is 8.98. The highest BCUT2D eigenvalue weighted by Gasteiger charge is 2.07. The van der Waals surface area contributed by atoms with Gasteiger partial charge in [-0.05, 0) is 52.9 Å². The summed E-state index contributed by atoms with van der Waals surface area (Å²) < 4.78 is 13.7. The average molecular weight is 397 g/mol. The SMILES string of the molecule is Nc1cc(Cl)c(Cl)cc1Nc1ccc(F)cc1I. The van der Waals surface area contributed by atoms with Crippen LogP contribution < -0.4 is 11.1 Å². The summed E-state index contributed by atoms with van der Waals surface area (Å²) in [4.78, 5) is 0. The molecule has 0 amide bonds. The normalized spacial score (nSPS) is 10.4. The third kappa shape index (κ3) is 2.99. The number of benzene rings is 2. The predicted octanol–water partition coefficient (Wildman–Crippen LogP) is 5.06. The number of nitrogens with two attached hydrogens (primary N) is 1. The predicted molar refractivity (Wildman–Crippen MR) is 83.3 cm³/mol. The van der Waals surface area contributed by atoms with Gasteiger partial charge in [0.2, 0.25) is 0 Å². The van der Waals surface area contributed by atoms with E-state index in [4.69, 9.17) is 28.9 Å². The number of nitrogen functional groups attached to an aromatic ring is 1. The molecular formula is C12H8Cl2FIN2. The van der Waals surface area contributed by atoms with Crippen molar-refractivity contribution in [3.63, 3.8) is 0 Å². The topological polar surface area (TPSA) is 38.0 Å². The van der Waals surface area contributed by atoms with Gasteiger partial charge in [-0.3, -0.25) is 0 Å². The molecule has 0 bridgehead atoms. The Kier molecular flexibility index (Phi) is 4.19. The molecule has 0 spiro atoms. The molecule has 2 nitrogen and oxygen atoms in total. The second-order valence-electron chi connectivity index (χ2n) is 3.60. The zero-order valence-corrected chi connectivity index (χ0v) is 12.6. The minimum absolute atomic E-state index is 0.285. The fraction of sp³-hybridized carbons (Fsp3) is 0. The van der Waals surface area contributed by atoms with Crippen LogP contribution >= 0.6 is 45.8 Å². The van der Waals surface area contributed by atoms with Crippen molar-refractivity contribution in [3.8, 4) is 0 Å². The maximum atomic E-state index is 13.0. The highest BCUT2D eigenvalue weighted by molar-refractivity contribution is 14.1. The van der Waals surface area contributed by atoms with Crippen LogP contribution in [-0.2, 0) is 0 Å². The van der Waals surface area contributed by atoms with Crippen molar-refractivity contribution < 1.29 is 4.39 Å². The molecule has 0 aliphatic rings. The van der Waals surface area contributed by atoms with Gasteiger partial charge in [-0.25, -0.2) is 4.39 Å². The van der Waals surface area contributed by atoms with E-state index in [-0.39, 0.29) is 5.82 Å². The summed E-state index contributed by atoms with van der Waals surface area (Å²) in [5, 5.41) is 3.90. The lowest BCUT2D eigenvalue weighted by Crippen LogP contribution is -1.98. The van der Waals surface area contributed by atoms with Crippen molar-refractivity contribution in [2.24, 2.45) is 0 Å². The van der Waals surface area contributed by atoms with E-state index in [0.717, 1.165) is 9.26 Å². The highest BCUT2D eigenvalue weighted by Crippen LogP contribution is 2.33. The Labute approximate surface area is 127 Å². The second kappa shape index (κ2) is 5.50. The zero-order chi connectivity index (χ0) is 13.3. The van der Waals surface area contributed by atoms with E-state index in [1.165, 1.54) is 12.1 Å². The van der Waals surface area contributed by atoms with Crippen LogP contribution in [0.3, 0.4) is 0 Å². The maximum absolute atomic E-state index is 13.0. The molecule has 0 aliphatic carbocycles. The van der Waals surface area contributed by atoms with Crippen molar-refractivity contribution in [1.82, 2.24) is 0 Å². The fourth-order valence-electron chi connectivity index (χ4n) is 1.41. The van der Waals surface area contributed by atoms with Gasteiger partial charge in [-0.2, -0.15) is 0 Å². The molecule has 2 aromatic rings. The Morgan fingerprint density at radius 2 is 1.72 bits per heavy atom. The number of anilines is 3. The van der Waals surface area contributed by atoms with E-state index in [9.17, 15) is 4.39 Å². The summed E-state index contributed by atoms with van der Waals surface area (Å²) in [7, 11) is 0. The Bertz CT molecular complexity index is 605. The molecule has 18 heavy (non-hydrogen) atoms. The number of rotatable bonds is 2. The molecule has 0 aliphatic heterocycles. The van der Waals surface area contributed by atoms with E-state index < -0.39 is 0 Å². The molecule has 94 valence electrons. The summed E-state index contributed by atoms with van der Waals surface area (Å²) in [6, 6.07) is 7.65. The third-order valence-electron chi connectivity index (χ3n) is 2.29. The van der Waals surface area contributed by atoms with Gasteiger partial charge in [0.1, 0.15) is 5.82 Å². The Morgan fingerprint density at radius 3 is 2.39 bits per heavy atom. The average Bonchev–Trinajstić information content (AvgIpc) is 2.29. The van der Waals surface area contributed by atoms with Crippen molar-refractivity contribution >= 4 is 62.9 Å². The minimum Gasteiger partial charge on any atom is -0.397 e. The number of nitrogens with one attached hydrogen (secondary N) is 1. The lowest BCUT2D eigenvalue weighted by atomic mass is 10.2. The summed E-state index contributed by atoms with van der Waals surface area (Å²) in [6.45, 7) is 0. The van der Waals surface area contributed by atoms with Crippen LogP contribution in [0.1, 0.15) is 0 Å². The van der Waals surface area contributed by atoms with E-state index in [1.807, 2.05) is 22.6 Å². The first kappa shape index (κ1) is 13.7. The molecule has 0 aromatic heterocycles. The van der Waals surface area contributed by atoms with Crippen LogP contribution in [-0.4, -0.2) is 0 Å². The summed E-state index contributed by atoms with van der Waals surface area (Å²) in [5.74, 6) is -0.285. The first-order valence-corrected chi connectivity index (χ1v) is 6.77. The van der Waals surface area contributed by atoms with Crippen molar-refractivity contribution in [3.05, 3.63) is 49.8 Å². The van der Waals surface area contributed by atoms with Gasteiger partial charge >= 0.3 is 0 Å². The van der Waals surface area contributed by atoms with Crippen LogP contribution in [0.15, 0.2) is 30.3 Å². The minimum atomic E-state index is -0.285. The first-order valence-electron chi connectivity index (χ1n) is 4.94. The Balaban J connectivity index is 2.37. The van der Waals surface area contributed by atoms with Crippen LogP contribution in [0.5, 0.6) is 0 Å². The lowest BCUT2D eigenvalue weighted by Gasteiger charge is -2.12. The first-order chi connectivity index (χ1) is 8.47. The maximum Gasteiger partial charge on any atom is 0.124 e. The lowest BCUT2D eigenvalue weighted by molar-refractivity contribution is 0.627. The summed E-state index contributed by atoms with van der Waals surface area (Å²) in [6.07, 6.45) is 0. The molecule has 0 fully saturated rings. The van der Waals surface area contributed by atoms with Crippen LogP contribution in [0.25, 0.3) is 0 Å². The van der Waals surface area contributed by atoms with Gasteiger partial charge in [-0.15, -0.1) is 0 Å². The molecule has 2 aromatic carbocycles. The van der Waals surface area contributed by atoms with Gasteiger partial charge in [0, 0.05) is 3.57 Å². The summed E-state index contributed by atoms with van der Waals surface area (Å²) >= 11 is 13.8. The molecule has 0 radical (unpaired) electrons. The number of halogens is 4. The van der Waals surface area contributed by atoms with E-state index in [1.54, 1.807) is 18.2 Å².